The van der Waals surface area contributed by atoms with Crippen LogP contribution in [0.25, 0.3) is 0 Å². The SMILES string of the molecule is CCNCc1cc(Cl)cc(S(=O)(=O)NC(C)C2CC2)c1F. The summed E-state index contributed by atoms with van der Waals surface area (Å²) in [7, 11) is -3.90. The zero-order valence-corrected chi connectivity index (χ0v) is 13.7. The van der Waals surface area contributed by atoms with E-state index in [-0.39, 0.29) is 28.1 Å². The molecule has 0 aliphatic heterocycles. The average Bonchev–Trinajstić information content (AvgIpc) is 3.23. The Morgan fingerprint density at radius 3 is 2.67 bits per heavy atom. The monoisotopic (exact) mass is 334 g/mol. The molecule has 1 saturated carbocycles. The molecule has 1 aromatic rings. The molecule has 2 N–H and O–H groups in total. The highest BCUT2D eigenvalue weighted by atomic mass is 35.5. The maximum atomic E-state index is 14.4. The molecule has 0 heterocycles. The molecule has 7 heteroatoms. The Morgan fingerprint density at radius 2 is 2.10 bits per heavy atom. The van der Waals surface area contributed by atoms with Gasteiger partial charge >= 0.3 is 0 Å². The highest BCUT2D eigenvalue weighted by Gasteiger charge is 2.32. The zero-order valence-electron chi connectivity index (χ0n) is 12.1. The Bertz CT molecular complexity index is 618. The van der Waals surface area contributed by atoms with Crippen LogP contribution < -0.4 is 10.0 Å². The van der Waals surface area contributed by atoms with Crippen molar-refractivity contribution in [1.82, 2.24) is 10.0 Å². The van der Waals surface area contributed by atoms with Crippen LogP contribution in [0.2, 0.25) is 5.02 Å². The molecular formula is C14H20ClFN2O2S. The van der Waals surface area contributed by atoms with Crippen molar-refractivity contribution in [3.63, 3.8) is 0 Å². The molecule has 1 atom stereocenters. The van der Waals surface area contributed by atoms with Crippen LogP contribution >= 0.6 is 11.6 Å². The standard InChI is InChI=1S/C14H20ClFN2O2S/c1-3-17-8-11-6-12(15)7-13(14(11)16)21(19,20)18-9(2)10-4-5-10/h6-7,9-10,17-18H,3-5,8H2,1-2H3. The fourth-order valence-corrected chi connectivity index (χ4v) is 3.97. The van der Waals surface area contributed by atoms with Crippen LogP contribution in [0.3, 0.4) is 0 Å². The summed E-state index contributed by atoms with van der Waals surface area (Å²) in [5.41, 5.74) is 0.254. The lowest BCUT2D eigenvalue weighted by atomic mass is 10.2. The molecule has 1 unspecified atom stereocenters. The summed E-state index contributed by atoms with van der Waals surface area (Å²) in [6.07, 6.45) is 2.01. The third-order valence-corrected chi connectivity index (χ3v) is 5.38. The van der Waals surface area contributed by atoms with Gasteiger partial charge < -0.3 is 5.32 Å². The fraction of sp³-hybridized carbons (Fsp3) is 0.571. The zero-order chi connectivity index (χ0) is 15.6. The van der Waals surface area contributed by atoms with Crippen molar-refractivity contribution in [1.29, 1.82) is 0 Å². The number of rotatable bonds is 7. The molecular weight excluding hydrogens is 315 g/mol. The Labute approximate surface area is 130 Å². The number of benzene rings is 1. The van der Waals surface area contributed by atoms with Gasteiger partial charge in [0, 0.05) is 23.2 Å². The molecule has 21 heavy (non-hydrogen) atoms. The van der Waals surface area contributed by atoms with Gasteiger partial charge in [0.15, 0.2) is 0 Å². The van der Waals surface area contributed by atoms with Crippen LogP contribution in [0.15, 0.2) is 17.0 Å². The van der Waals surface area contributed by atoms with Gasteiger partial charge in [-0.1, -0.05) is 18.5 Å². The van der Waals surface area contributed by atoms with Gasteiger partial charge in [-0.3, -0.25) is 0 Å². The summed E-state index contributed by atoms with van der Waals surface area (Å²) in [5.74, 6) is -0.390. The first kappa shape index (κ1) is 16.7. The number of hydrogen-bond acceptors (Lipinski definition) is 3. The second-order valence-corrected chi connectivity index (χ2v) is 7.52. The third kappa shape index (κ3) is 4.16. The summed E-state index contributed by atoms with van der Waals surface area (Å²) < 4.78 is 41.6. The Hall–Kier alpha value is -0.690. The Balaban J connectivity index is 2.30. The summed E-state index contributed by atoms with van der Waals surface area (Å²) in [6.45, 7) is 4.59. The molecule has 2 rings (SSSR count). The minimum absolute atomic E-state index is 0.189. The van der Waals surface area contributed by atoms with E-state index >= 15 is 0 Å². The summed E-state index contributed by atoms with van der Waals surface area (Å²) in [4.78, 5) is -0.379. The van der Waals surface area contributed by atoms with Gasteiger partial charge in [-0.15, -0.1) is 0 Å². The molecule has 1 aliphatic carbocycles. The smallest absolute Gasteiger partial charge is 0.243 e. The van der Waals surface area contributed by atoms with E-state index < -0.39 is 15.8 Å². The van der Waals surface area contributed by atoms with Crippen LogP contribution in [0.4, 0.5) is 4.39 Å². The largest absolute Gasteiger partial charge is 0.313 e. The van der Waals surface area contributed by atoms with Crippen LogP contribution in [0.1, 0.15) is 32.3 Å². The van der Waals surface area contributed by atoms with Crippen LogP contribution in [0, 0.1) is 11.7 Å². The van der Waals surface area contributed by atoms with Crippen LogP contribution in [0.5, 0.6) is 0 Å². The van der Waals surface area contributed by atoms with Crippen molar-refractivity contribution < 1.29 is 12.8 Å². The first-order chi connectivity index (χ1) is 9.85. The molecule has 0 radical (unpaired) electrons. The van der Waals surface area contributed by atoms with Gasteiger partial charge in [0.1, 0.15) is 10.7 Å². The van der Waals surface area contributed by atoms with E-state index in [4.69, 9.17) is 11.6 Å². The Morgan fingerprint density at radius 1 is 1.43 bits per heavy atom. The average molecular weight is 335 g/mol. The molecule has 1 aromatic carbocycles. The van der Waals surface area contributed by atoms with Crippen LogP contribution in [-0.4, -0.2) is 21.0 Å². The van der Waals surface area contributed by atoms with Crippen molar-refractivity contribution in [3.8, 4) is 0 Å². The number of nitrogens with one attached hydrogen (secondary N) is 2. The molecule has 1 aliphatic rings. The molecule has 0 amide bonds. The summed E-state index contributed by atoms with van der Waals surface area (Å²) in [5, 5.41) is 3.18. The lowest BCUT2D eigenvalue weighted by molar-refractivity contribution is 0.521. The lowest BCUT2D eigenvalue weighted by Gasteiger charge is -2.15. The van der Waals surface area contributed by atoms with Gasteiger partial charge in [-0.2, -0.15) is 0 Å². The van der Waals surface area contributed by atoms with Crippen molar-refractivity contribution >= 4 is 21.6 Å². The first-order valence-electron chi connectivity index (χ1n) is 7.06. The second-order valence-electron chi connectivity index (χ2n) is 5.40. The van der Waals surface area contributed by atoms with Gasteiger partial charge in [0.05, 0.1) is 0 Å². The molecule has 4 nitrogen and oxygen atoms in total. The topological polar surface area (TPSA) is 58.2 Å². The lowest BCUT2D eigenvalue weighted by Crippen LogP contribution is -2.34. The van der Waals surface area contributed by atoms with E-state index in [1.54, 1.807) is 6.92 Å². The first-order valence-corrected chi connectivity index (χ1v) is 8.92. The van der Waals surface area contributed by atoms with Crippen molar-refractivity contribution in [2.45, 2.75) is 44.2 Å². The van der Waals surface area contributed by atoms with E-state index in [0.717, 1.165) is 18.9 Å². The van der Waals surface area contributed by atoms with E-state index in [2.05, 4.69) is 10.0 Å². The number of hydrogen-bond donors (Lipinski definition) is 2. The van der Waals surface area contributed by atoms with Crippen molar-refractivity contribution in [2.24, 2.45) is 5.92 Å². The predicted octanol–water partition coefficient (Wildman–Crippen LogP) is 2.67. The second kappa shape index (κ2) is 6.60. The third-order valence-electron chi connectivity index (χ3n) is 3.60. The molecule has 0 bridgehead atoms. The Kier molecular flexibility index (Phi) is 5.24. The van der Waals surface area contributed by atoms with Crippen molar-refractivity contribution in [3.05, 3.63) is 28.5 Å². The minimum atomic E-state index is -3.90. The van der Waals surface area contributed by atoms with Gasteiger partial charge in [0.25, 0.3) is 0 Å². The van der Waals surface area contributed by atoms with E-state index in [9.17, 15) is 12.8 Å². The minimum Gasteiger partial charge on any atom is -0.313 e. The highest BCUT2D eigenvalue weighted by Crippen LogP contribution is 2.33. The molecule has 118 valence electrons. The highest BCUT2D eigenvalue weighted by molar-refractivity contribution is 7.89. The van der Waals surface area contributed by atoms with E-state index in [1.807, 2.05) is 6.92 Å². The normalized spacial score (nSPS) is 17.0. The summed E-state index contributed by atoms with van der Waals surface area (Å²) in [6, 6.07) is 2.42. The van der Waals surface area contributed by atoms with E-state index in [0.29, 0.717) is 12.5 Å². The fourth-order valence-electron chi connectivity index (χ4n) is 2.20. The maximum Gasteiger partial charge on any atom is 0.243 e. The molecule has 1 fully saturated rings. The number of sulfonamides is 1. The molecule has 0 aromatic heterocycles. The van der Waals surface area contributed by atoms with Gasteiger partial charge in [-0.25, -0.2) is 17.5 Å². The predicted molar refractivity (Wildman–Crippen MR) is 81.3 cm³/mol. The van der Waals surface area contributed by atoms with Crippen LogP contribution in [-0.2, 0) is 16.6 Å². The quantitative estimate of drug-likeness (QED) is 0.806. The molecule has 0 saturated heterocycles. The summed E-state index contributed by atoms with van der Waals surface area (Å²) >= 11 is 5.93. The maximum absolute atomic E-state index is 14.4. The molecule has 0 spiro atoms. The van der Waals surface area contributed by atoms with E-state index in [1.165, 1.54) is 6.07 Å². The number of halogens is 2. The van der Waals surface area contributed by atoms with Crippen molar-refractivity contribution in [2.75, 3.05) is 6.54 Å². The van der Waals surface area contributed by atoms with Gasteiger partial charge in [0.2, 0.25) is 10.0 Å². The van der Waals surface area contributed by atoms with Gasteiger partial charge in [-0.05, 0) is 44.4 Å².